The van der Waals surface area contributed by atoms with Crippen LogP contribution in [0.2, 0.25) is 0 Å². The Morgan fingerprint density at radius 1 is 1.67 bits per heavy atom. The summed E-state index contributed by atoms with van der Waals surface area (Å²) in [4.78, 5) is 10.6. The quantitative estimate of drug-likeness (QED) is 0.693. The first kappa shape index (κ1) is 8.58. The highest BCUT2D eigenvalue weighted by Crippen LogP contribution is 2.23. The van der Waals surface area contributed by atoms with Gasteiger partial charge in [-0.15, -0.1) is 0 Å². The van der Waals surface area contributed by atoms with Crippen LogP contribution in [0.25, 0.3) is 0 Å². The molecule has 0 fully saturated rings. The zero-order valence-corrected chi connectivity index (χ0v) is 6.87. The van der Waals surface area contributed by atoms with Crippen molar-refractivity contribution < 1.29 is 14.4 Å². The number of carbonyl (C=O) groups is 1. The number of carboxylic acids is 1. The molecule has 3 N–H and O–H groups in total. The highest BCUT2D eigenvalue weighted by atomic mass is 16.5. The highest BCUT2D eigenvalue weighted by Gasteiger charge is 2.22. The van der Waals surface area contributed by atoms with Crippen LogP contribution in [0.15, 0.2) is 4.52 Å². The number of carboxylic acid groups (broad SMARTS) is 1. The normalized spacial score (nSPS) is 10.6. The fourth-order valence-electron chi connectivity index (χ4n) is 0.925. The lowest BCUT2D eigenvalue weighted by molar-refractivity contribution is 0.0695. The summed E-state index contributed by atoms with van der Waals surface area (Å²) in [6, 6.07) is 0. The van der Waals surface area contributed by atoms with E-state index in [0.29, 0.717) is 5.76 Å². The molecule has 0 unspecified atom stereocenters. The fraction of sp³-hybridized carbons (Fsp3) is 0.429. The maximum absolute atomic E-state index is 10.6. The number of anilines is 1. The van der Waals surface area contributed by atoms with Gasteiger partial charge >= 0.3 is 5.97 Å². The van der Waals surface area contributed by atoms with Crippen molar-refractivity contribution in [1.82, 2.24) is 5.16 Å². The van der Waals surface area contributed by atoms with E-state index in [1.54, 1.807) is 0 Å². The minimum atomic E-state index is -1.10. The summed E-state index contributed by atoms with van der Waals surface area (Å²) < 4.78 is 4.76. The number of rotatable bonds is 2. The van der Waals surface area contributed by atoms with Gasteiger partial charge in [-0.2, -0.15) is 0 Å². The van der Waals surface area contributed by atoms with E-state index in [1.807, 2.05) is 13.8 Å². The van der Waals surface area contributed by atoms with Gasteiger partial charge in [0, 0.05) is 5.92 Å². The summed E-state index contributed by atoms with van der Waals surface area (Å²) in [5.74, 6) is -0.871. The predicted octanol–water partition coefficient (Wildman–Crippen LogP) is 1.08. The second-order valence-electron chi connectivity index (χ2n) is 2.77. The molecule has 0 spiro atoms. The number of aromatic carboxylic acids is 1. The smallest absolute Gasteiger partial charge is 0.343 e. The van der Waals surface area contributed by atoms with Crippen LogP contribution in [0.4, 0.5) is 5.82 Å². The van der Waals surface area contributed by atoms with Gasteiger partial charge in [0.25, 0.3) is 0 Å². The summed E-state index contributed by atoms with van der Waals surface area (Å²) in [5.41, 5.74) is 5.27. The van der Waals surface area contributed by atoms with Crippen molar-refractivity contribution in [2.45, 2.75) is 19.8 Å². The van der Waals surface area contributed by atoms with Gasteiger partial charge in [-0.1, -0.05) is 19.0 Å². The SMILES string of the molecule is CC(C)c1onc(N)c1C(=O)O. The van der Waals surface area contributed by atoms with Crippen LogP contribution < -0.4 is 5.73 Å². The van der Waals surface area contributed by atoms with Gasteiger partial charge in [-0.3, -0.25) is 0 Å². The minimum absolute atomic E-state index is 0.0231. The van der Waals surface area contributed by atoms with Crippen LogP contribution in [-0.4, -0.2) is 16.2 Å². The van der Waals surface area contributed by atoms with Crippen LogP contribution in [0.3, 0.4) is 0 Å². The first-order valence-corrected chi connectivity index (χ1v) is 3.52. The monoisotopic (exact) mass is 170 g/mol. The van der Waals surface area contributed by atoms with Gasteiger partial charge in [0.1, 0.15) is 5.56 Å². The number of aromatic nitrogens is 1. The topological polar surface area (TPSA) is 89.4 Å². The number of nitrogens with two attached hydrogens (primary N) is 1. The van der Waals surface area contributed by atoms with Gasteiger partial charge < -0.3 is 15.4 Å². The van der Waals surface area contributed by atoms with Crippen molar-refractivity contribution in [1.29, 1.82) is 0 Å². The molecule has 12 heavy (non-hydrogen) atoms. The summed E-state index contributed by atoms with van der Waals surface area (Å²) in [7, 11) is 0. The van der Waals surface area contributed by atoms with Crippen LogP contribution in [0.5, 0.6) is 0 Å². The van der Waals surface area contributed by atoms with Gasteiger partial charge in [0.15, 0.2) is 11.6 Å². The Balaban J connectivity index is 3.21. The third-order valence-electron chi connectivity index (χ3n) is 1.48. The summed E-state index contributed by atoms with van der Waals surface area (Å²) in [6.45, 7) is 3.62. The van der Waals surface area contributed by atoms with E-state index in [9.17, 15) is 4.79 Å². The number of nitrogen functional groups attached to an aromatic ring is 1. The van der Waals surface area contributed by atoms with Crippen molar-refractivity contribution in [3.8, 4) is 0 Å². The molecule has 66 valence electrons. The third-order valence-corrected chi connectivity index (χ3v) is 1.48. The minimum Gasteiger partial charge on any atom is -0.477 e. The maximum atomic E-state index is 10.6. The Morgan fingerprint density at radius 2 is 2.25 bits per heavy atom. The first-order valence-electron chi connectivity index (χ1n) is 3.52. The van der Waals surface area contributed by atoms with Gasteiger partial charge in [-0.05, 0) is 0 Å². The lowest BCUT2D eigenvalue weighted by Crippen LogP contribution is -2.03. The molecule has 1 aromatic rings. The predicted molar refractivity (Wildman–Crippen MR) is 42.0 cm³/mol. The number of hydrogen-bond donors (Lipinski definition) is 2. The molecule has 5 heteroatoms. The Morgan fingerprint density at radius 3 is 2.58 bits per heavy atom. The van der Waals surface area contributed by atoms with Gasteiger partial charge in [0.05, 0.1) is 0 Å². The zero-order chi connectivity index (χ0) is 9.30. The average molecular weight is 170 g/mol. The number of nitrogens with zero attached hydrogens (tertiary/aromatic N) is 1. The molecule has 0 aliphatic carbocycles. The summed E-state index contributed by atoms with van der Waals surface area (Å²) in [6.07, 6.45) is 0. The Hall–Kier alpha value is -1.52. The molecule has 0 aliphatic rings. The number of hydrogen-bond acceptors (Lipinski definition) is 4. The van der Waals surface area contributed by atoms with Gasteiger partial charge in [0.2, 0.25) is 0 Å². The first-order chi connectivity index (χ1) is 5.54. The van der Waals surface area contributed by atoms with Crippen LogP contribution in [0, 0.1) is 0 Å². The zero-order valence-electron chi connectivity index (χ0n) is 6.87. The second-order valence-corrected chi connectivity index (χ2v) is 2.77. The lowest BCUT2D eigenvalue weighted by Gasteiger charge is -1.98. The molecule has 0 saturated carbocycles. The molecule has 5 nitrogen and oxygen atoms in total. The highest BCUT2D eigenvalue weighted by molar-refractivity contribution is 5.93. The lowest BCUT2D eigenvalue weighted by atomic mass is 10.1. The van der Waals surface area contributed by atoms with Gasteiger partial charge in [-0.25, -0.2) is 4.79 Å². The van der Waals surface area contributed by atoms with E-state index < -0.39 is 5.97 Å². The molecule has 0 aromatic carbocycles. The van der Waals surface area contributed by atoms with Crippen molar-refractivity contribution >= 4 is 11.8 Å². The maximum Gasteiger partial charge on any atom is 0.343 e. The second kappa shape index (κ2) is 2.84. The molecular formula is C7H10N2O3. The average Bonchev–Trinajstić information content (AvgIpc) is 2.30. The van der Waals surface area contributed by atoms with Crippen molar-refractivity contribution in [2.75, 3.05) is 5.73 Å². The Labute approximate surface area is 69.2 Å². The fourth-order valence-corrected chi connectivity index (χ4v) is 0.925. The van der Waals surface area contributed by atoms with Crippen LogP contribution in [0.1, 0.15) is 35.9 Å². The molecular weight excluding hydrogens is 160 g/mol. The molecule has 0 atom stereocenters. The molecule has 0 saturated heterocycles. The Bertz CT molecular complexity index is 304. The molecule has 1 rings (SSSR count). The molecule has 0 radical (unpaired) electrons. The standard InChI is InChI=1S/C7H10N2O3/c1-3(2)5-4(7(10)11)6(8)9-12-5/h3H,1-2H3,(H2,8,9)(H,10,11). The van der Waals surface area contributed by atoms with E-state index >= 15 is 0 Å². The van der Waals surface area contributed by atoms with Crippen LogP contribution >= 0.6 is 0 Å². The van der Waals surface area contributed by atoms with Crippen molar-refractivity contribution in [3.63, 3.8) is 0 Å². The summed E-state index contributed by atoms with van der Waals surface area (Å²) in [5, 5.41) is 12.1. The largest absolute Gasteiger partial charge is 0.477 e. The van der Waals surface area contributed by atoms with Crippen molar-refractivity contribution in [2.24, 2.45) is 0 Å². The van der Waals surface area contributed by atoms with Crippen molar-refractivity contribution in [3.05, 3.63) is 11.3 Å². The summed E-state index contributed by atoms with van der Waals surface area (Å²) >= 11 is 0. The van der Waals surface area contributed by atoms with E-state index in [4.69, 9.17) is 15.4 Å². The van der Waals surface area contributed by atoms with Crippen LogP contribution in [-0.2, 0) is 0 Å². The van der Waals surface area contributed by atoms with E-state index in [-0.39, 0.29) is 17.3 Å². The van der Waals surface area contributed by atoms with E-state index in [2.05, 4.69) is 5.16 Å². The molecule has 0 amide bonds. The molecule has 0 bridgehead atoms. The third kappa shape index (κ3) is 1.25. The molecule has 0 aliphatic heterocycles. The Kier molecular flexibility index (Phi) is 2.03. The van der Waals surface area contributed by atoms with E-state index in [1.165, 1.54) is 0 Å². The van der Waals surface area contributed by atoms with E-state index in [0.717, 1.165) is 0 Å². The molecule has 1 heterocycles. The molecule has 1 aromatic heterocycles.